The standard InChI is InChI=1S/C12H13BrO4/c1-2-16-12(15)7-11(14)9-3-5-10(6-4-9)17-8-13/h3-6H,2,7-8H2,1H3. The van der Waals surface area contributed by atoms with E-state index in [9.17, 15) is 9.59 Å². The summed E-state index contributed by atoms with van der Waals surface area (Å²) in [6.07, 6.45) is -0.230. The molecule has 1 aromatic rings. The molecule has 0 bridgehead atoms. The van der Waals surface area contributed by atoms with Crippen molar-refractivity contribution in [2.75, 3.05) is 12.1 Å². The number of hydrogen-bond donors (Lipinski definition) is 0. The lowest BCUT2D eigenvalue weighted by atomic mass is 10.1. The van der Waals surface area contributed by atoms with Crippen LogP contribution in [0.15, 0.2) is 24.3 Å². The van der Waals surface area contributed by atoms with E-state index in [2.05, 4.69) is 15.9 Å². The van der Waals surface area contributed by atoms with Gasteiger partial charge in [0.2, 0.25) is 0 Å². The maximum atomic E-state index is 11.6. The first-order chi connectivity index (χ1) is 8.17. The number of halogens is 1. The smallest absolute Gasteiger partial charge is 0.313 e. The van der Waals surface area contributed by atoms with E-state index < -0.39 is 5.97 Å². The van der Waals surface area contributed by atoms with Gasteiger partial charge in [-0.2, -0.15) is 0 Å². The van der Waals surface area contributed by atoms with Crippen molar-refractivity contribution in [1.29, 1.82) is 0 Å². The van der Waals surface area contributed by atoms with E-state index in [-0.39, 0.29) is 18.8 Å². The summed E-state index contributed by atoms with van der Waals surface area (Å²) in [7, 11) is 0. The molecule has 92 valence electrons. The van der Waals surface area contributed by atoms with E-state index in [0.29, 0.717) is 16.8 Å². The number of hydrogen-bond acceptors (Lipinski definition) is 4. The molecule has 0 aromatic heterocycles. The largest absolute Gasteiger partial charge is 0.482 e. The molecule has 1 rings (SSSR count). The molecule has 17 heavy (non-hydrogen) atoms. The van der Waals surface area contributed by atoms with Crippen molar-refractivity contribution >= 4 is 27.7 Å². The van der Waals surface area contributed by atoms with Crippen molar-refractivity contribution in [3.05, 3.63) is 29.8 Å². The molecular formula is C12H13BrO4. The van der Waals surface area contributed by atoms with Gasteiger partial charge < -0.3 is 9.47 Å². The third-order valence-corrected chi connectivity index (χ3v) is 2.24. The number of ether oxygens (including phenoxy) is 2. The quantitative estimate of drug-likeness (QED) is 0.351. The molecule has 0 unspecified atom stereocenters. The summed E-state index contributed by atoms with van der Waals surface area (Å²) in [5.41, 5.74) is 0.864. The zero-order chi connectivity index (χ0) is 12.7. The molecule has 0 aliphatic carbocycles. The van der Waals surface area contributed by atoms with Crippen LogP contribution in [0.5, 0.6) is 5.75 Å². The van der Waals surface area contributed by atoms with E-state index >= 15 is 0 Å². The SMILES string of the molecule is CCOC(=O)CC(=O)c1ccc(OCBr)cc1. The molecule has 5 heteroatoms. The van der Waals surface area contributed by atoms with Crippen LogP contribution in [0.4, 0.5) is 0 Å². The second-order valence-electron chi connectivity index (χ2n) is 3.18. The molecule has 0 atom stereocenters. The molecule has 0 aliphatic heterocycles. The third-order valence-electron chi connectivity index (χ3n) is 2.01. The summed E-state index contributed by atoms with van der Waals surface area (Å²) in [5, 5.41) is 0. The molecule has 0 spiro atoms. The lowest BCUT2D eigenvalue weighted by molar-refractivity contribution is -0.141. The van der Waals surface area contributed by atoms with Crippen LogP contribution in [0.3, 0.4) is 0 Å². The lowest BCUT2D eigenvalue weighted by Gasteiger charge is -2.04. The van der Waals surface area contributed by atoms with Gasteiger partial charge in [0.1, 0.15) is 17.7 Å². The number of rotatable bonds is 6. The Labute approximate surface area is 108 Å². The van der Waals surface area contributed by atoms with Gasteiger partial charge in [0.15, 0.2) is 5.78 Å². The van der Waals surface area contributed by atoms with Gasteiger partial charge in [-0.3, -0.25) is 9.59 Å². The molecule has 4 nitrogen and oxygen atoms in total. The Hall–Kier alpha value is -1.36. The van der Waals surface area contributed by atoms with Crippen molar-refractivity contribution in [2.24, 2.45) is 0 Å². The molecule has 0 N–H and O–H groups in total. The number of alkyl halides is 1. The number of carbonyl (C=O) groups is 2. The highest BCUT2D eigenvalue weighted by Crippen LogP contribution is 2.14. The lowest BCUT2D eigenvalue weighted by Crippen LogP contribution is -2.11. The van der Waals surface area contributed by atoms with Gasteiger partial charge in [-0.25, -0.2) is 0 Å². The highest BCUT2D eigenvalue weighted by atomic mass is 79.9. The minimum atomic E-state index is -0.502. The number of esters is 1. The van der Waals surface area contributed by atoms with E-state index in [0.717, 1.165) is 0 Å². The minimum absolute atomic E-state index is 0.230. The molecule has 0 heterocycles. The Morgan fingerprint density at radius 1 is 1.24 bits per heavy atom. The number of carbonyl (C=O) groups excluding carboxylic acids is 2. The minimum Gasteiger partial charge on any atom is -0.482 e. The van der Waals surface area contributed by atoms with Crippen LogP contribution in [0, 0.1) is 0 Å². The van der Waals surface area contributed by atoms with Gasteiger partial charge in [-0.15, -0.1) is 0 Å². The van der Waals surface area contributed by atoms with E-state index in [4.69, 9.17) is 9.47 Å². The fourth-order valence-corrected chi connectivity index (χ4v) is 1.51. The Morgan fingerprint density at radius 3 is 2.41 bits per heavy atom. The van der Waals surface area contributed by atoms with Crippen molar-refractivity contribution in [3.8, 4) is 5.75 Å². The van der Waals surface area contributed by atoms with Crippen molar-refractivity contribution in [2.45, 2.75) is 13.3 Å². The zero-order valence-electron chi connectivity index (χ0n) is 9.44. The molecule has 0 radical (unpaired) electrons. The Morgan fingerprint density at radius 2 is 1.88 bits per heavy atom. The van der Waals surface area contributed by atoms with Crippen molar-refractivity contribution in [1.82, 2.24) is 0 Å². The van der Waals surface area contributed by atoms with Gasteiger partial charge in [0.05, 0.1) is 6.61 Å². The fourth-order valence-electron chi connectivity index (χ4n) is 1.25. The summed E-state index contributed by atoms with van der Waals surface area (Å²) >= 11 is 3.13. The molecule has 0 saturated carbocycles. The highest BCUT2D eigenvalue weighted by molar-refractivity contribution is 9.09. The molecule has 0 fully saturated rings. The Bertz CT molecular complexity index is 386. The summed E-state index contributed by atoms with van der Waals surface area (Å²) < 4.78 is 9.88. The predicted octanol–water partition coefficient (Wildman–Crippen LogP) is 2.55. The summed E-state index contributed by atoms with van der Waals surface area (Å²) in [6.45, 7) is 1.99. The van der Waals surface area contributed by atoms with Crippen LogP contribution in [-0.4, -0.2) is 23.9 Å². The fraction of sp³-hybridized carbons (Fsp3) is 0.333. The van der Waals surface area contributed by atoms with Crippen LogP contribution in [0.1, 0.15) is 23.7 Å². The maximum absolute atomic E-state index is 11.6. The summed E-state index contributed by atoms with van der Waals surface area (Å²) in [6, 6.07) is 6.61. The van der Waals surface area contributed by atoms with Gasteiger partial charge in [0.25, 0.3) is 0 Å². The highest BCUT2D eigenvalue weighted by Gasteiger charge is 2.12. The topological polar surface area (TPSA) is 52.6 Å². The predicted molar refractivity (Wildman–Crippen MR) is 66.4 cm³/mol. The number of benzene rings is 1. The molecule has 1 aromatic carbocycles. The van der Waals surface area contributed by atoms with Crippen LogP contribution in [0.2, 0.25) is 0 Å². The first kappa shape index (κ1) is 13.7. The van der Waals surface area contributed by atoms with E-state index in [1.165, 1.54) is 0 Å². The summed E-state index contributed by atoms with van der Waals surface area (Å²) in [4.78, 5) is 22.8. The zero-order valence-corrected chi connectivity index (χ0v) is 11.0. The number of ketones is 1. The normalized spacial score (nSPS) is 9.76. The van der Waals surface area contributed by atoms with E-state index in [1.807, 2.05) is 0 Å². The number of Topliss-reactive ketones (excluding diaryl/α,β-unsaturated/α-hetero) is 1. The van der Waals surface area contributed by atoms with Crippen LogP contribution >= 0.6 is 15.9 Å². The average Bonchev–Trinajstić information content (AvgIpc) is 2.30. The third kappa shape index (κ3) is 4.56. The van der Waals surface area contributed by atoms with Crippen LogP contribution in [0.25, 0.3) is 0 Å². The molecule has 0 amide bonds. The second kappa shape index (κ2) is 7.06. The van der Waals surface area contributed by atoms with Gasteiger partial charge in [0, 0.05) is 5.56 Å². The van der Waals surface area contributed by atoms with Gasteiger partial charge in [-0.1, -0.05) is 0 Å². The molecular weight excluding hydrogens is 288 g/mol. The molecule has 0 aliphatic rings. The van der Waals surface area contributed by atoms with Crippen LogP contribution in [-0.2, 0) is 9.53 Å². The van der Waals surface area contributed by atoms with Crippen molar-refractivity contribution in [3.63, 3.8) is 0 Å². The monoisotopic (exact) mass is 300 g/mol. The van der Waals surface area contributed by atoms with E-state index in [1.54, 1.807) is 31.2 Å². The first-order valence-electron chi connectivity index (χ1n) is 5.15. The average molecular weight is 301 g/mol. The second-order valence-corrected chi connectivity index (χ2v) is 3.64. The van der Waals surface area contributed by atoms with Gasteiger partial charge in [-0.05, 0) is 47.1 Å². The Kier molecular flexibility index (Phi) is 5.69. The van der Waals surface area contributed by atoms with Crippen LogP contribution < -0.4 is 4.74 Å². The first-order valence-corrected chi connectivity index (χ1v) is 6.27. The maximum Gasteiger partial charge on any atom is 0.313 e. The van der Waals surface area contributed by atoms with Gasteiger partial charge >= 0.3 is 5.97 Å². The molecule has 0 saturated heterocycles. The van der Waals surface area contributed by atoms with Crippen molar-refractivity contribution < 1.29 is 19.1 Å². The summed E-state index contributed by atoms with van der Waals surface area (Å²) in [5.74, 6) is -0.0957. The Balaban J connectivity index is 2.60.